The topological polar surface area (TPSA) is 82.7 Å². The third-order valence-corrected chi connectivity index (χ3v) is 3.51. The van der Waals surface area contributed by atoms with Crippen molar-refractivity contribution >= 4 is 5.91 Å². The number of nitrogens with zero attached hydrogens (tertiary/aromatic N) is 2. The van der Waals surface area contributed by atoms with Crippen molar-refractivity contribution in [3.63, 3.8) is 0 Å². The summed E-state index contributed by atoms with van der Waals surface area (Å²) in [6.45, 7) is 4.40. The monoisotopic (exact) mass is 237 g/mol. The number of hydrogen-bond acceptors (Lipinski definition) is 4. The van der Waals surface area contributed by atoms with E-state index < -0.39 is 0 Å². The van der Waals surface area contributed by atoms with Gasteiger partial charge < -0.3 is 10.6 Å². The molecule has 6 nitrogen and oxygen atoms in total. The van der Waals surface area contributed by atoms with Crippen LogP contribution in [0.15, 0.2) is 6.33 Å². The van der Waals surface area contributed by atoms with Crippen LogP contribution in [0.2, 0.25) is 0 Å². The van der Waals surface area contributed by atoms with Crippen LogP contribution in [0.25, 0.3) is 0 Å². The van der Waals surface area contributed by atoms with Crippen molar-refractivity contribution in [3.8, 4) is 0 Å². The Kier molecular flexibility index (Phi) is 3.73. The fourth-order valence-corrected chi connectivity index (χ4v) is 2.23. The SMILES string of the molecule is CCC1(C(=O)NCCc2ncn[nH]2)CCNC1. The molecule has 1 amide bonds. The van der Waals surface area contributed by atoms with Gasteiger partial charge in [0.25, 0.3) is 0 Å². The molecule has 1 aromatic heterocycles. The van der Waals surface area contributed by atoms with E-state index in [-0.39, 0.29) is 11.3 Å². The second-order valence-electron chi connectivity index (χ2n) is 4.50. The maximum Gasteiger partial charge on any atom is 0.227 e. The van der Waals surface area contributed by atoms with Crippen LogP contribution in [0, 0.1) is 5.41 Å². The van der Waals surface area contributed by atoms with E-state index in [1.165, 1.54) is 6.33 Å². The first-order valence-electron chi connectivity index (χ1n) is 6.10. The number of nitrogens with one attached hydrogen (secondary N) is 3. The summed E-state index contributed by atoms with van der Waals surface area (Å²) in [5.41, 5.74) is -0.207. The van der Waals surface area contributed by atoms with E-state index in [1.54, 1.807) is 0 Å². The van der Waals surface area contributed by atoms with E-state index in [0.29, 0.717) is 13.0 Å². The molecule has 1 unspecified atom stereocenters. The summed E-state index contributed by atoms with van der Waals surface area (Å²) in [4.78, 5) is 16.1. The fourth-order valence-electron chi connectivity index (χ4n) is 2.23. The number of rotatable bonds is 5. The Labute approximate surface area is 101 Å². The molecule has 1 atom stereocenters. The Bertz CT molecular complexity index is 356. The maximum atomic E-state index is 12.1. The first kappa shape index (κ1) is 12.0. The van der Waals surface area contributed by atoms with Crippen LogP contribution in [-0.2, 0) is 11.2 Å². The van der Waals surface area contributed by atoms with Gasteiger partial charge in [-0.25, -0.2) is 4.98 Å². The van der Waals surface area contributed by atoms with E-state index in [1.807, 2.05) is 0 Å². The third kappa shape index (κ3) is 2.63. The van der Waals surface area contributed by atoms with Crippen LogP contribution < -0.4 is 10.6 Å². The van der Waals surface area contributed by atoms with Gasteiger partial charge in [0.2, 0.25) is 5.91 Å². The number of aromatic amines is 1. The summed E-state index contributed by atoms with van der Waals surface area (Å²) in [6, 6.07) is 0. The van der Waals surface area contributed by atoms with Gasteiger partial charge >= 0.3 is 0 Å². The molecule has 0 bridgehead atoms. The Hall–Kier alpha value is -1.43. The molecule has 2 rings (SSSR count). The molecule has 1 saturated heterocycles. The lowest BCUT2D eigenvalue weighted by Gasteiger charge is -2.25. The molecule has 6 heteroatoms. The van der Waals surface area contributed by atoms with Gasteiger partial charge in [-0.2, -0.15) is 5.10 Å². The van der Waals surface area contributed by atoms with Crippen molar-refractivity contribution in [2.24, 2.45) is 5.41 Å². The Balaban J connectivity index is 1.80. The Morgan fingerprint density at radius 2 is 2.53 bits per heavy atom. The minimum absolute atomic E-state index is 0.157. The molecule has 1 fully saturated rings. The van der Waals surface area contributed by atoms with Crippen molar-refractivity contribution in [1.29, 1.82) is 0 Å². The zero-order valence-electron chi connectivity index (χ0n) is 10.1. The van der Waals surface area contributed by atoms with Gasteiger partial charge in [0.1, 0.15) is 12.2 Å². The third-order valence-electron chi connectivity index (χ3n) is 3.51. The van der Waals surface area contributed by atoms with Crippen LogP contribution in [0.3, 0.4) is 0 Å². The molecule has 0 aliphatic carbocycles. The second kappa shape index (κ2) is 5.27. The average Bonchev–Trinajstić information content (AvgIpc) is 3.00. The van der Waals surface area contributed by atoms with Gasteiger partial charge in [-0.3, -0.25) is 9.89 Å². The van der Waals surface area contributed by atoms with Crippen molar-refractivity contribution in [2.75, 3.05) is 19.6 Å². The highest BCUT2D eigenvalue weighted by Gasteiger charge is 2.38. The first-order valence-corrected chi connectivity index (χ1v) is 6.10. The summed E-state index contributed by atoms with van der Waals surface area (Å²) >= 11 is 0. The van der Waals surface area contributed by atoms with E-state index in [9.17, 15) is 4.79 Å². The number of amides is 1. The van der Waals surface area contributed by atoms with Crippen LogP contribution in [-0.4, -0.2) is 40.7 Å². The van der Waals surface area contributed by atoms with Gasteiger partial charge in [0.15, 0.2) is 0 Å². The zero-order chi connectivity index (χ0) is 12.1. The van der Waals surface area contributed by atoms with E-state index >= 15 is 0 Å². The normalized spacial score (nSPS) is 23.8. The van der Waals surface area contributed by atoms with Crippen LogP contribution in [0.4, 0.5) is 0 Å². The predicted octanol–water partition coefficient (Wildman–Crippen LogP) is -0.147. The molecule has 0 spiro atoms. The zero-order valence-corrected chi connectivity index (χ0v) is 10.1. The Morgan fingerprint density at radius 3 is 3.12 bits per heavy atom. The van der Waals surface area contributed by atoms with Gasteiger partial charge in [-0.15, -0.1) is 0 Å². The number of carbonyl (C=O) groups excluding carboxylic acids is 1. The van der Waals surface area contributed by atoms with Crippen LogP contribution in [0.1, 0.15) is 25.6 Å². The molecular formula is C11H19N5O. The van der Waals surface area contributed by atoms with Gasteiger partial charge in [0, 0.05) is 19.5 Å². The standard InChI is InChI=1S/C11H19N5O/c1-2-11(4-6-12-7-11)10(17)13-5-3-9-14-8-15-16-9/h8,12H,2-7H2,1H3,(H,13,17)(H,14,15,16). The molecule has 1 aliphatic heterocycles. The quantitative estimate of drug-likeness (QED) is 0.665. The largest absolute Gasteiger partial charge is 0.355 e. The number of H-pyrrole nitrogens is 1. The summed E-state index contributed by atoms with van der Waals surface area (Å²) < 4.78 is 0. The molecule has 3 N–H and O–H groups in total. The van der Waals surface area contributed by atoms with Crippen LogP contribution in [0.5, 0.6) is 0 Å². The van der Waals surface area contributed by atoms with Gasteiger partial charge in [0.05, 0.1) is 5.41 Å². The second-order valence-corrected chi connectivity index (χ2v) is 4.50. The molecule has 94 valence electrons. The van der Waals surface area contributed by atoms with Crippen molar-refractivity contribution in [2.45, 2.75) is 26.2 Å². The lowest BCUT2D eigenvalue weighted by molar-refractivity contribution is -0.130. The van der Waals surface area contributed by atoms with Crippen molar-refractivity contribution in [1.82, 2.24) is 25.8 Å². The molecule has 17 heavy (non-hydrogen) atoms. The van der Waals surface area contributed by atoms with Gasteiger partial charge in [-0.1, -0.05) is 6.92 Å². The van der Waals surface area contributed by atoms with Crippen molar-refractivity contribution < 1.29 is 4.79 Å². The molecule has 0 aromatic carbocycles. The smallest absolute Gasteiger partial charge is 0.227 e. The molecule has 0 radical (unpaired) electrons. The van der Waals surface area contributed by atoms with E-state index in [2.05, 4.69) is 32.7 Å². The summed E-state index contributed by atoms with van der Waals surface area (Å²) in [6.07, 6.45) is 3.98. The fraction of sp³-hybridized carbons (Fsp3) is 0.727. The lowest BCUT2D eigenvalue weighted by atomic mass is 9.83. The lowest BCUT2D eigenvalue weighted by Crippen LogP contribution is -2.42. The average molecular weight is 237 g/mol. The molecule has 2 heterocycles. The molecule has 0 saturated carbocycles. The van der Waals surface area contributed by atoms with E-state index in [4.69, 9.17) is 0 Å². The highest BCUT2D eigenvalue weighted by Crippen LogP contribution is 2.29. The summed E-state index contributed by atoms with van der Waals surface area (Å²) in [7, 11) is 0. The summed E-state index contributed by atoms with van der Waals surface area (Å²) in [5.74, 6) is 0.963. The number of carbonyl (C=O) groups is 1. The molecular weight excluding hydrogens is 218 g/mol. The predicted molar refractivity (Wildman–Crippen MR) is 63.3 cm³/mol. The minimum atomic E-state index is -0.207. The number of hydrogen-bond donors (Lipinski definition) is 3. The molecule has 1 aliphatic rings. The van der Waals surface area contributed by atoms with Crippen LogP contribution >= 0.6 is 0 Å². The van der Waals surface area contributed by atoms with Gasteiger partial charge in [-0.05, 0) is 19.4 Å². The number of aromatic nitrogens is 3. The maximum absolute atomic E-state index is 12.1. The Morgan fingerprint density at radius 1 is 1.65 bits per heavy atom. The summed E-state index contributed by atoms with van der Waals surface area (Å²) in [5, 5.41) is 12.8. The molecule has 1 aromatic rings. The minimum Gasteiger partial charge on any atom is -0.355 e. The van der Waals surface area contributed by atoms with E-state index in [0.717, 1.165) is 31.8 Å². The van der Waals surface area contributed by atoms with Crippen molar-refractivity contribution in [3.05, 3.63) is 12.2 Å². The highest BCUT2D eigenvalue weighted by atomic mass is 16.2. The highest BCUT2D eigenvalue weighted by molar-refractivity contribution is 5.83. The first-order chi connectivity index (χ1) is 8.27.